The highest BCUT2D eigenvalue weighted by Gasteiger charge is 2.62. The van der Waals surface area contributed by atoms with Crippen molar-refractivity contribution in [2.45, 2.75) is 57.0 Å². The fraction of sp³-hybridized carbons (Fsp3) is 0.550. The number of hydrogen-bond donors (Lipinski definition) is 1. The van der Waals surface area contributed by atoms with E-state index in [1.807, 2.05) is 0 Å². The van der Waals surface area contributed by atoms with Crippen LogP contribution >= 0.6 is 12.2 Å². The van der Waals surface area contributed by atoms with E-state index in [9.17, 15) is 19.7 Å². The van der Waals surface area contributed by atoms with Gasteiger partial charge in [0.15, 0.2) is 10.5 Å². The van der Waals surface area contributed by atoms with E-state index in [0.717, 1.165) is 50.8 Å². The summed E-state index contributed by atoms with van der Waals surface area (Å²) in [6.45, 7) is 0.728. The van der Waals surface area contributed by atoms with Crippen LogP contribution in [-0.4, -0.2) is 45.4 Å². The molecule has 1 aromatic rings. The van der Waals surface area contributed by atoms with E-state index in [1.165, 1.54) is 12.1 Å². The van der Waals surface area contributed by atoms with Crippen LogP contribution in [0.1, 0.15) is 44.1 Å². The zero-order valence-corrected chi connectivity index (χ0v) is 16.7. The van der Waals surface area contributed by atoms with Gasteiger partial charge in [0.2, 0.25) is 11.8 Å². The molecule has 9 heteroatoms. The average Bonchev–Trinajstić information content (AvgIpc) is 3.52. The first-order chi connectivity index (χ1) is 13.9. The Morgan fingerprint density at radius 3 is 2.69 bits per heavy atom. The van der Waals surface area contributed by atoms with E-state index in [0.29, 0.717) is 5.56 Å². The predicted molar refractivity (Wildman–Crippen MR) is 109 cm³/mol. The van der Waals surface area contributed by atoms with Crippen molar-refractivity contribution in [1.82, 2.24) is 10.2 Å². The van der Waals surface area contributed by atoms with Gasteiger partial charge in [0.1, 0.15) is 0 Å². The molecule has 3 heterocycles. The second kappa shape index (κ2) is 6.48. The number of carbonyl (C=O) groups is 2. The molecule has 1 aromatic carbocycles. The minimum atomic E-state index is -1.29. The zero-order chi connectivity index (χ0) is 20.3. The van der Waals surface area contributed by atoms with Crippen molar-refractivity contribution in [3.63, 3.8) is 0 Å². The first-order valence-electron chi connectivity index (χ1n) is 10.2. The van der Waals surface area contributed by atoms with Gasteiger partial charge in [-0.05, 0) is 49.5 Å². The molecule has 1 saturated carbocycles. The maximum Gasteiger partial charge on any atom is 0.269 e. The van der Waals surface area contributed by atoms with Gasteiger partial charge in [0, 0.05) is 36.8 Å². The number of nitrogens with one attached hydrogen (secondary N) is 1. The standard InChI is InChI=1S/C20H22N4O4S/c25-17-20(18(26)23(13-5-6-13)19(29)21-17)11-12-10-14(24(27)28)7-8-15(12)22-9-3-1-2-4-16(20)22/h7-8,10,13,16H,1-6,9,11H2,(H,21,25,29)/t16-,20-/m1/s1. The second-order valence-corrected chi connectivity index (χ2v) is 8.83. The lowest BCUT2D eigenvalue weighted by molar-refractivity contribution is -0.384. The normalized spacial score (nSPS) is 29.2. The van der Waals surface area contributed by atoms with Crippen LogP contribution in [0.25, 0.3) is 0 Å². The number of nitro benzene ring substituents is 1. The Kier molecular flexibility index (Phi) is 4.13. The molecule has 3 aliphatic heterocycles. The maximum atomic E-state index is 13.8. The van der Waals surface area contributed by atoms with Crippen molar-refractivity contribution >= 4 is 40.5 Å². The van der Waals surface area contributed by atoms with Gasteiger partial charge < -0.3 is 10.2 Å². The number of hydrogen-bond acceptors (Lipinski definition) is 6. The van der Waals surface area contributed by atoms with E-state index >= 15 is 0 Å². The first kappa shape index (κ1) is 18.5. The molecule has 4 aliphatic rings. The summed E-state index contributed by atoms with van der Waals surface area (Å²) in [4.78, 5) is 41.8. The number of nitro groups is 1. The van der Waals surface area contributed by atoms with Crippen LogP contribution in [0.4, 0.5) is 11.4 Å². The van der Waals surface area contributed by atoms with Gasteiger partial charge in [-0.15, -0.1) is 0 Å². The van der Waals surface area contributed by atoms with Crippen molar-refractivity contribution in [3.05, 3.63) is 33.9 Å². The van der Waals surface area contributed by atoms with E-state index in [1.54, 1.807) is 11.0 Å². The van der Waals surface area contributed by atoms with Crippen LogP contribution in [0.3, 0.4) is 0 Å². The number of amides is 2. The molecule has 2 amide bonds. The molecule has 2 atom stereocenters. The Morgan fingerprint density at radius 2 is 1.97 bits per heavy atom. The lowest BCUT2D eigenvalue weighted by atomic mass is 9.67. The SMILES string of the molecule is O=C1NC(=S)N(C2CC2)C(=O)[C@@]12Cc1cc([N+](=O)[O-])ccc1N1CCCCC[C@@H]12. The fourth-order valence-electron chi connectivity index (χ4n) is 5.22. The summed E-state index contributed by atoms with van der Waals surface area (Å²) in [5, 5.41) is 14.3. The molecule has 8 nitrogen and oxygen atoms in total. The number of non-ortho nitro benzene ring substituents is 1. The molecule has 1 aliphatic carbocycles. The third-order valence-electron chi connectivity index (χ3n) is 6.73. The van der Waals surface area contributed by atoms with Crippen LogP contribution in [0.5, 0.6) is 0 Å². The van der Waals surface area contributed by atoms with Crippen LogP contribution in [-0.2, 0) is 16.0 Å². The van der Waals surface area contributed by atoms with Crippen molar-refractivity contribution in [2.24, 2.45) is 5.41 Å². The Morgan fingerprint density at radius 1 is 1.17 bits per heavy atom. The topological polar surface area (TPSA) is 95.8 Å². The van der Waals surface area contributed by atoms with Crippen LogP contribution < -0.4 is 10.2 Å². The Hall–Kier alpha value is -2.55. The predicted octanol–water partition coefficient (Wildman–Crippen LogP) is 2.29. The van der Waals surface area contributed by atoms with Gasteiger partial charge in [-0.25, -0.2) is 0 Å². The number of carbonyl (C=O) groups excluding carboxylic acids is 2. The smallest absolute Gasteiger partial charge is 0.269 e. The van der Waals surface area contributed by atoms with Crippen LogP contribution in [0.15, 0.2) is 18.2 Å². The summed E-state index contributed by atoms with van der Waals surface area (Å²) < 4.78 is 0. The maximum absolute atomic E-state index is 13.8. The quantitative estimate of drug-likeness (QED) is 0.345. The summed E-state index contributed by atoms with van der Waals surface area (Å²) in [5.41, 5.74) is 0.270. The molecule has 0 unspecified atom stereocenters. The molecule has 1 N–H and O–H groups in total. The summed E-state index contributed by atoms with van der Waals surface area (Å²) in [6, 6.07) is 4.59. The molecule has 0 bridgehead atoms. The van der Waals surface area contributed by atoms with Crippen LogP contribution in [0.2, 0.25) is 0 Å². The van der Waals surface area contributed by atoms with Gasteiger partial charge >= 0.3 is 0 Å². The van der Waals surface area contributed by atoms with E-state index < -0.39 is 10.3 Å². The number of thiocarbonyl (C=S) groups is 1. The number of benzene rings is 1. The number of fused-ring (bicyclic) bond motifs is 4. The molecule has 0 aromatic heterocycles. The van der Waals surface area contributed by atoms with Crippen molar-refractivity contribution in [2.75, 3.05) is 11.4 Å². The van der Waals surface area contributed by atoms with Crippen molar-refractivity contribution in [1.29, 1.82) is 0 Å². The lowest BCUT2D eigenvalue weighted by Gasteiger charge is -2.52. The fourth-order valence-corrected chi connectivity index (χ4v) is 5.55. The summed E-state index contributed by atoms with van der Waals surface area (Å²) >= 11 is 5.33. The highest BCUT2D eigenvalue weighted by atomic mass is 32.1. The van der Waals surface area contributed by atoms with E-state index in [-0.39, 0.29) is 41.1 Å². The monoisotopic (exact) mass is 414 g/mol. The zero-order valence-electron chi connectivity index (χ0n) is 15.9. The largest absolute Gasteiger partial charge is 0.367 e. The second-order valence-electron chi connectivity index (χ2n) is 8.44. The number of nitrogens with zero attached hydrogens (tertiary/aromatic N) is 3. The molecular formula is C20H22N4O4S. The Bertz CT molecular complexity index is 946. The van der Waals surface area contributed by atoms with E-state index in [2.05, 4.69) is 10.2 Å². The first-order valence-corrected chi connectivity index (χ1v) is 10.6. The molecule has 2 saturated heterocycles. The molecule has 3 fully saturated rings. The minimum absolute atomic E-state index is 0.0228. The highest BCUT2D eigenvalue weighted by molar-refractivity contribution is 7.80. The van der Waals surface area contributed by atoms with Gasteiger partial charge in [-0.2, -0.15) is 0 Å². The molecule has 152 valence electrons. The average molecular weight is 414 g/mol. The van der Waals surface area contributed by atoms with Crippen LogP contribution in [0, 0.1) is 15.5 Å². The van der Waals surface area contributed by atoms with Crippen molar-refractivity contribution < 1.29 is 14.5 Å². The third-order valence-corrected chi connectivity index (χ3v) is 7.03. The molecule has 1 spiro atoms. The van der Waals surface area contributed by atoms with Gasteiger partial charge in [0.25, 0.3) is 5.69 Å². The third kappa shape index (κ3) is 2.67. The lowest BCUT2D eigenvalue weighted by Crippen LogP contribution is -2.72. The summed E-state index contributed by atoms with van der Waals surface area (Å²) in [5.74, 6) is -0.596. The van der Waals surface area contributed by atoms with Crippen molar-refractivity contribution in [3.8, 4) is 0 Å². The number of anilines is 1. The number of rotatable bonds is 2. The minimum Gasteiger partial charge on any atom is -0.367 e. The van der Waals surface area contributed by atoms with Gasteiger partial charge in [-0.3, -0.25) is 24.6 Å². The van der Waals surface area contributed by atoms with Gasteiger partial charge in [-0.1, -0.05) is 12.8 Å². The van der Waals surface area contributed by atoms with Gasteiger partial charge in [0.05, 0.1) is 11.0 Å². The molecule has 0 radical (unpaired) electrons. The Balaban J connectivity index is 1.67. The summed E-state index contributed by atoms with van der Waals surface area (Å²) in [7, 11) is 0. The summed E-state index contributed by atoms with van der Waals surface area (Å²) in [6.07, 6.45) is 5.61. The van der Waals surface area contributed by atoms with E-state index in [4.69, 9.17) is 12.2 Å². The molecule has 5 rings (SSSR count). The molecular weight excluding hydrogens is 392 g/mol. The Labute approximate surface area is 173 Å². The molecule has 29 heavy (non-hydrogen) atoms. The highest BCUT2D eigenvalue weighted by Crippen LogP contribution is 2.49.